The first-order valence-corrected chi connectivity index (χ1v) is 8.62. The third kappa shape index (κ3) is 4.39. The van der Waals surface area contributed by atoms with Crippen LogP contribution in [0.15, 0.2) is 0 Å². The fraction of sp³-hybridized carbons (Fsp3) is 1.00. The van der Waals surface area contributed by atoms with Crippen molar-refractivity contribution in [1.29, 1.82) is 0 Å². The summed E-state index contributed by atoms with van der Waals surface area (Å²) in [5.41, 5.74) is 0. The van der Waals surface area contributed by atoms with Crippen molar-refractivity contribution < 1.29 is 13.2 Å². The summed E-state index contributed by atoms with van der Waals surface area (Å²) in [5, 5.41) is 3.27. The van der Waals surface area contributed by atoms with Crippen LogP contribution in [0.25, 0.3) is 0 Å². The van der Waals surface area contributed by atoms with Gasteiger partial charge in [-0.25, -0.2) is 12.7 Å². The molecule has 1 unspecified atom stereocenters. The minimum Gasteiger partial charge on any atom is -0.384 e. The third-order valence-electron chi connectivity index (χ3n) is 3.92. The van der Waals surface area contributed by atoms with Gasteiger partial charge in [-0.3, -0.25) is 4.90 Å². The highest BCUT2D eigenvalue weighted by molar-refractivity contribution is 7.89. The molecule has 19 heavy (non-hydrogen) atoms. The molecule has 0 aromatic heterocycles. The van der Waals surface area contributed by atoms with E-state index in [0.717, 1.165) is 32.6 Å². The van der Waals surface area contributed by atoms with Gasteiger partial charge in [-0.15, -0.1) is 0 Å². The van der Waals surface area contributed by atoms with E-state index in [4.69, 9.17) is 4.74 Å². The van der Waals surface area contributed by atoms with Crippen LogP contribution in [-0.2, 0) is 14.8 Å². The molecular weight excluding hydrogens is 266 g/mol. The Kier molecular flexibility index (Phi) is 5.58. The van der Waals surface area contributed by atoms with E-state index in [0.29, 0.717) is 32.2 Å². The van der Waals surface area contributed by atoms with Crippen LogP contribution in [0.2, 0.25) is 0 Å². The van der Waals surface area contributed by atoms with Crippen LogP contribution < -0.4 is 5.32 Å². The van der Waals surface area contributed by atoms with Crippen molar-refractivity contribution in [3.63, 3.8) is 0 Å². The van der Waals surface area contributed by atoms with E-state index in [-0.39, 0.29) is 5.75 Å². The molecule has 2 aliphatic heterocycles. The minimum atomic E-state index is -3.09. The normalized spacial score (nSPS) is 26.9. The minimum absolute atomic E-state index is 0.243. The molecule has 1 atom stereocenters. The smallest absolute Gasteiger partial charge is 0.215 e. The summed E-state index contributed by atoms with van der Waals surface area (Å²) in [6.07, 6.45) is 0.917. The Labute approximate surface area is 116 Å². The number of nitrogens with one attached hydrogen (secondary N) is 1. The molecule has 2 aliphatic rings. The Balaban J connectivity index is 1.78. The Hall–Kier alpha value is -0.210. The van der Waals surface area contributed by atoms with Crippen molar-refractivity contribution in [3.05, 3.63) is 0 Å². The SMILES string of the molecule is COCC1CCN(S(=O)(=O)CCN2CCNCC2)C1. The van der Waals surface area contributed by atoms with Crippen molar-refractivity contribution in [2.45, 2.75) is 6.42 Å². The van der Waals surface area contributed by atoms with Crippen LogP contribution in [0.3, 0.4) is 0 Å². The zero-order chi connectivity index (χ0) is 13.7. The average molecular weight is 291 g/mol. The molecule has 0 saturated carbocycles. The molecule has 2 rings (SSSR count). The molecule has 0 aromatic carbocycles. The highest BCUT2D eigenvalue weighted by Gasteiger charge is 2.31. The number of nitrogens with zero attached hydrogens (tertiary/aromatic N) is 2. The number of rotatable bonds is 6. The molecule has 2 saturated heterocycles. The fourth-order valence-corrected chi connectivity index (χ4v) is 4.30. The van der Waals surface area contributed by atoms with E-state index >= 15 is 0 Å². The first-order chi connectivity index (χ1) is 9.12. The van der Waals surface area contributed by atoms with Crippen molar-refractivity contribution in [1.82, 2.24) is 14.5 Å². The molecule has 2 heterocycles. The van der Waals surface area contributed by atoms with Crippen LogP contribution in [0.1, 0.15) is 6.42 Å². The van der Waals surface area contributed by atoms with E-state index in [1.165, 1.54) is 0 Å². The fourth-order valence-electron chi connectivity index (χ4n) is 2.73. The second-order valence-corrected chi connectivity index (χ2v) is 7.46. The van der Waals surface area contributed by atoms with Gasteiger partial charge < -0.3 is 10.1 Å². The number of sulfonamides is 1. The van der Waals surface area contributed by atoms with Gasteiger partial charge in [0.25, 0.3) is 0 Å². The van der Waals surface area contributed by atoms with Crippen LogP contribution in [-0.4, -0.2) is 82.9 Å². The standard InChI is InChI=1S/C12H25N3O3S/c1-18-11-12-2-5-15(10-12)19(16,17)9-8-14-6-3-13-4-7-14/h12-13H,2-11H2,1H3. The molecule has 0 aliphatic carbocycles. The maximum absolute atomic E-state index is 12.3. The van der Waals surface area contributed by atoms with E-state index in [1.54, 1.807) is 11.4 Å². The largest absolute Gasteiger partial charge is 0.384 e. The Morgan fingerprint density at radius 1 is 1.26 bits per heavy atom. The number of ether oxygens (including phenoxy) is 1. The number of methoxy groups -OCH3 is 1. The summed E-state index contributed by atoms with van der Waals surface area (Å²) in [6.45, 7) is 6.39. The molecule has 0 amide bonds. The van der Waals surface area contributed by atoms with Crippen LogP contribution >= 0.6 is 0 Å². The van der Waals surface area contributed by atoms with Crippen molar-refractivity contribution in [2.75, 3.05) is 65.3 Å². The molecule has 0 radical (unpaired) electrons. The van der Waals surface area contributed by atoms with E-state index in [1.807, 2.05) is 0 Å². The van der Waals surface area contributed by atoms with E-state index in [2.05, 4.69) is 10.2 Å². The van der Waals surface area contributed by atoms with Crippen molar-refractivity contribution in [3.8, 4) is 0 Å². The van der Waals surface area contributed by atoms with Crippen LogP contribution in [0.4, 0.5) is 0 Å². The first kappa shape index (κ1) is 15.2. The quantitative estimate of drug-likeness (QED) is 0.693. The van der Waals surface area contributed by atoms with E-state index < -0.39 is 10.0 Å². The van der Waals surface area contributed by atoms with Gasteiger partial charge >= 0.3 is 0 Å². The van der Waals surface area contributed by atoms with E-state index in [9.17, 15) is 8.42 Å². The summed E-state index contributed by atoms with van der Waals surface area (Å²) < 4.78 is 31.3. The maximum atomic E-state index is 12.3. The number of hydrogen-bond acceptors (Lipinski definition) is 5. The summed E-state index contributed by atoms with van der Waals surface area (Å²) in [6, 6.07) is 0. The topological polar surface area (TPSA) is 61.9 Å². The second-order valence-electron chi connectivity index (χ2n) is 5.38. The van der Waals surface area contributed by atoms with Crippen molar-refractivity contribution in [2.24, 2.45) is 5.92 Å². The van der Waals surface area contributed by atoms with Crippen molar-refractivity contribution >= 4 is 10.0 Å². The predicted octanol–water partition coefficient (Wildman–Crippen LogP) is -0.810. The third-order valence-corrected chi connectivity index (χ3v) is 5.74. The van der Waals surface area contributed by atoms with Gasteiger partial charge in [0.05, 0.1) is 12.4 Å². The van der Waals surface area contributed by atoms with Gasteiger partial charge in [0.15, 0.2) is 0 Å². The molecule has 112 valence electrons. The summed E-state index contributed by atoms with van der Waals surface area (Å²) >= 11 is 0. The van der Waals surface area contributed by atoms with Gasteiger partial charge in [0.2, 0.25) is 10.0 Å². The summed E-state index contributed by atoms with van der Waals surface area (Å²) in [5.74, 6) is 0.603. The molecule has 1 N–H and O–H groups in total. The molecule has 6 nitrogen and oxygen atoms in total. The lowest BCUT2D eigenvalue weighted by atomic mass is 10.1. The Morgan fingerprint density at radius 3 is 2.68 bits per heavy atom. The van der Waals surface area contributed by atoms with Crippen LogP contribution in [0, 0.1) is 5.92 Å². The second kappa shape index (κ2) is 6.99. The first-order valence-electron chi connectivity index (χ1n) is 7.01. The highest BCUT2D eigenvalue weighted by Crippen LogP contribution is 2.19. The summed E-state index contributed by atoms with van der Waals surface area (Å²) in [7, 11) is -1.43. The van der Waals surface area contributed by atoms with Gasteiger partial charge in [-0.1, -0.05) is 0 Å². The lowest BCUT2D eigenvalue weighted by molar-refractivity contribution is 0.157. The van der Waals surface area contributed by atoms with Gasteiger partial charge in [0.1, 0.15) is 0 Å². The molecule has 0 bridgehead atoms. The lowest BCUT2D eigenvalue weighted by Crippen LogP contribution is -2.46. The summed E-state index contributed by atoms with van der Waals surface area (Å²) in [4.78, 5) is 2.22. The maximum Gasteiger partial charge on any atom is 0.215 e. The monoisotopic (exact) mass is 291 g/mol. The Bertz CT molecular complexity index is 368. The van der Waals surface area contributed by atoms with Crippen LogP contribution in [0.5, 0.6) is 0 Å². The predicted molar refractivity (Wildman–Crippen MR) is 74.7 cm³/mol. The highest BCUT2D eigenvalue weighted by atomic mass is 32.2. The lowest BCUT2D eigenvalue weighted by Gasteiger charge is -2.27. The average Bonchev–Trinajstić information content (AvgIpc) is 2.88. The zero-order valence-corrected chi connectivity index (χ0v) is 12.5. The molecule has 2 fully saturated rings. The molecule has 0 spiro atoms. The molecule has 0 aromatic rings. The van der Waals surface area contributed by atoms with Gasteiger partial charge in [-0.05, 0) is 12.3 Å². The Morgan fingerprint density at radius 2 is 2.00 bits per heavy atom. The molecular formula is C12H25N3O3S. The van der Waals surface area contributed by atoms with Gasteiger partial charge in [-0.2, -0.15) is 0 Å². The number of hydrogen-bond donors (Lipinski definition) is 1. The number of piperazine rings is 1. The molecule has 7 heteroatoms. The zero-order valence-electron chi connectivity index (χ0n) is 11.7. The van der Waals surface area contributed by atoms with Gasteiger partial charge in [0, 0.05) is 52.9 Å².